The number of carboxylic acids is 1. The molecule has 0 amide bonds. The van der Waals surface area contributed by atoms with Crippen molar-refractivity contribution in [2.75, 3.05) is 13.1 Å². The first-order valence-electron chi connectivity index (χ1n) is 6.11. The summed E-state index contributed by atoms with van der Waals surface area (Å²) < 4.78 is 13.9. The molecule has 2 rings (SSSR count). The Bertz CT molecular complexity index is 437. The van der Waals surface area contributed by atoms with Crippen LogP contribution in [0.3, 0.4) is 0 Å². The smallest absolute Gasteiger partial charge is 0.313 e. The summed E-state index contributed by atoms with van der Waals surface area (Å²) in [5.74, 6) is -1.06. The molecule has 1 fully saturated rings. The lowest BCUT2D eigenvalue weighted by Gasteiger charge is -2.25. The van der Waals surface area contributed by atoms with E-state index in [1.165, 1.54) is 6.92 Å². The Morgan fingerprint density at radius 2 is 2.11 bits per heavy atom. The number of halogens is 1. The molecule has 1 N–H and O–H groups in total. The second kappa shape index (κ2) is 4.69. The van der Waals surface area contributed by atoms with Gasteiger partial charge in [-0.25, -0.2) is 4.39 Å². The summed E-state index contributed by atoms with van der Waals surface area (Å²) >= 11 is 0. The van der Waals surface area contributed by atoms with E-state index in [0.29, 0.717) is 0 Å². The van der Waals surface area contributed by atoms with Gasteiger partial charge in [0.1, 0.15) is 11.6 Å². The van der Waals surface area contributed by atoms with Crippen molar-refractivity contribution in [1.82, 2.24) is 4.90 Å². The van der Waals surface area contributed by atoms with Crippen LogP contribution in [0.1, 0.15) is 25.5 Å². The average Bonchev–Trinajstić information content (AvgIpc) is 2.67. The van der Waals surface area contributed by atoms with Crippen LogP contribution in [0.25, 0.3) is 0 Å². The fourth-order valence-electron chi connectivity index (χ4n) is 2.43. The molecular formula is C14H18FNO2. The number of rotatable bonds is 3. The first kappa shape index (κ1) is 13.0. The number of hydrogen-bond donors (Lipinski definition) is 1. The van der Waals surface area contributed by atoms with E-state index in [-0.39, 0.29) is 19.1 Å². The fourth-order valence-corrected chi connectivity index (χ4v) is 2.43. The normalized spacial score (nSPS) is 30.3. The maximum Gasteiger partial charge on any atom is 0.313 e. The lowest BCUT2D eigenvalue weighted by Crippen LogP contribution is -2.37. The highest BCUT2D eigenvalue weighted by molar-refractivity contribution is 5.75. The third kappa shape index (κ3) is 2.12. The Balaban J connectivity index is 2.16. The van der Waals surface area contributed by atoms with Gasteiger partial charge in [-0.1, -0.05) is 30.3 Å². The van der Waals surface area contributed by atoms with Gasteiger partial charge in [-0.3, -0.25) is 9.69 Å². The first-order chi connectivity index (χ1) is 8.45. The lowest BCUT2D eigenvalue weighted by molar-refractivity contribution is -0.149. The summed E-state index contributed by atoms with van der Waals surface area (Å²) in [6.45, 7) is 3.89. The molecule has 98 valence electrons. The van der Waals surface area contributed by atoms with Gasteiger partial charge >= 0.3 is 5.97 Å². The van der Waals surface area contributed by atoms with Gasteiger partial charge in [-0.15, -0.1) is 0 Å². The number of aliphatic carboxylic acids is 1. The van der Waals surface area contributed by atoms with Crippen LogP contribution in [-0.2, 0) is 4.79 Å². The van der Waals surface area contributed by atoms with Crippen molar-refractivity contribution in [1.29, 1.82) is 0 Å². The van der Waals surface area contributed by atoms with E-state index in [1.54, 1.807) is 0 Å². The highest BCUT2D eigenvalue weighted by Gasteiger charge is 2.50. The van der Waals surface area contributed by atoms with Gasteiger partial charge in [0.15, 0.2) is 0 Å². The first-order valence-corrected chi connectivity index (χ1v) is 6.11. The quantitative estimate of drug-likeness (QED) is 0.897. The second-order valence-electron chi connectivity index (χ2n) is 5.21. The minimum Gasteiger partial charge on any atom is -0.481 e. The van der Waals surface area contributed by atoms with Gasteiger partial charge < -0.3 is 5.11 Å². The topological polar surface area (TPSA) is 40.5 Å². The molecule has 4 heteroatoms. The van der Waals surface area contributed by atoms with Crippen molar-refractivity contribution in [3.05, 3.63) is 35.9 Å². The van der Waals surface area contributed by atoms with Crippen molar-refractivity contribution < 1.29 is 14.3 Å². The van der Waals surface area contributed by atoms with Crippen LogP contribution in [0.4, 0.5) is 4.39 Å². The van der Waals surface area contributed by atoms with E-state index >= 15 is 0 Å². The number of alkyl halides is 1. The maximum atomic E-state index is 13.9. The van der Waals surface area contributed by atoms with E-state index < -0.39 is 17.6 Å². The molecule has 0 aromatic heterocycles. The van der Waals surface area contributed by atoms with Crippen LogP contribution in [0.5, 0.6) is 0 Å². The van der Waals surface area contributed by atoms with E-state index in [4.69, 9.17) is 5.11 Å². The molecule has 0 bridgehead atoms. The molecule has 0 spiro atoms. The molecule has 18 heavy (non-hydrogen) atoms. The second-order valence-corrected chi connectivity index (χ2v) is 5.21. The van der Waals surface area contributed by atoms with E-state index in [0.717, 1.165) is 5.56 Å². The molecule has 1 heterocycles. The number of hydrogen-bond acceptors (Lipinski definition) is 2. The number of carbonyl (C=O) groups is 1. The number of likely N-dealkylation sites (tertiary alicyclic amines) is 1. The van der Waals surface area contributed by atoms with Crippen LogP contribution >= 0.6 is 0 Å². The maximum absolute atomic E-state index is 13.9. The predicted molar refractivity (Wildman–Crippen MR) is 67.1 cm³/mol. The van der Waals surface area contributed by atoms with Crippen LogP contribution in [0.15, 0.2) is 30.3 Å². The molecule has 0 aliphatic carbocycles. The third-order valence-electron chi connectivity index (χ3n) is 3.94. The SMILES string of the molecule is C[C@H](c1ccccc1)N1CC(F)[C@](C)(C(=O)O)C1. The van der Waals surface area contributed by atoms with Crippen molar-refractivity contribution in [2.24, 2.45) is 5.41 Å². The highest BCUT2D eigenvalue weighted by atomic mass is 19.1. The Morgan fingerprint density at radius 3 is 2.61 bits per heavy atom. The van der Waals surface area contributed by atoms with Gasteiger partial charge in [0.25, 0.3) is 0 Å². The van der Waals surface area contributed by atoms with E-state index in [2.05, 4.69) is 0 Å². The molecule has 1 aromatic carbocycles. The zero-order chi connectivity index (χ0) is 13.3. The minimum absolute atomic E-state index is 0.0330. The molecule has 1 aliphatic rings. The summed E-state index contributed by atoms with van der Waals surface area (Å²) in [7, 11) is 0. The molecule has 0 saturated carbocycles. The van der Waals surface area contributed by atoms with Gasteiger partial charge in [-0.2, -0.15) is 0 Å². The zero-order valence-electron chi connectivity index (χ0n) is 10.6. The average molecular weight is 251 g/mol. The van der Waals surface area contributed by atoms with E-state index in [9.17, 15) is 9.18 Å². The lowest BCUT2D eigenvalue weighted by atomic mass is 9.88. The van der Waals surface area contributed by atoms with Crippen molar-refractivity contribution in [3.8, 4) is 0 Å². The van der Waals surface area contributed by atoms with E-state index in [1.807, 2.05) is 42.2 Å². The standard InChI is InChI=1S/C14H18FNO2/c1-10(11-6-4-3-5-7-11)16-8-12(15)14(2,9-16)13(17)18/h3-7,10,12H,8-9H2,1-2H3,(H,17,18)/t10-,12?,14-/m1/s1. The Kier molecular flexibility index (Phi) is 3.39. The molecule has 1 saturated heterocycles. The summed E-state index contributed by atoms with van der Waals surface area (Å²) in [5, 5.41) is 9.15. The molecule has 0 radical (unpaired) electrons. The Hall–Kier alpha value is -1.42. The largest absolute Gasteiger partial charge is 0.481 e. The van der Waals surface area contributed by atoms with Gasteiger partial charge in [-0.05, 0) is 19.4 Å². The summed E-state index contributed by atoms with van der Waals surface area (Å²) in [4.78, 5) is 13.1. The molecule has 3 atom stereocenters. The third-order valence-corrected chi connectivity index (χ3v) is 3.94. The zero-order valence-corrected chi connectivity index (χ0v) is 10.6. The van der Waals surface area contributed by atoms with Crippen LogP contribution in [0.2, 0.25) is 0 Å². The number of nitrogens with zero attached hydrogens (tertiary/aromatic N) is 1. The summed E-state index contributed by atoms with van der Waals surface area (Å²) in [6.07, 6.45) is -1.32. The fraction of sp³-hybridized carbons (Fsp3) is 0.500. The number of carboxylic acid groups (broad SMARTS) is 1. The monoisotopic (exact) mass is 251 g/mol. The summed E-state index contributed by atoms with van der Waals surface area (Å²) in [6, 6.07) is 9.80. The van der Waals surface area contributed by atoms with Gasteiger partial charge in [0, 0.05) is 19.1 Å². The number of benzene rings is 1. The predicted octanol–water partition coefficient (Wildman–Crippen LogP) is 2.49. The van der Waals surface area contributed by atoms with Crippen LogP contribution in [-0.4, -0.2) is 35.2 Å². The Labute approximate surface area is 106 Å². The van der Waals surface area contributed by atoms with Crippen LogP contribution < -0.4 is 0 Å². The molecular weight excluding hydrogens is 233 g/mol. The molecule has 3 nitrogen and oxygen atoms in total. The van der Waals surface area contributed by atoms with Crippen molar-refractivity contribution >= 4 is 5.97 Å². The van der Waals surface area contributed by atoms with Gasteiger partial charge in [0.05, 0.1) is 0 Å². The van der Waals surface area contributed by atoms with Crippen molar-refractivity contribution in [2.45, 2.75) is 26.1 Å². The summed E-state index contributed by atoms with van der Waals surface area (Å²) in [5.41, 5.74) is -0.206. The molecule has 1 unspecified atom stereocenters. The van der Waals surface area contributed by atoms with Crippen molar-refractivity contribution in [3.63, 3.8) is 0 Å². The minimum atomic E-state index is -1.32. The van der Waals surface area contributed by atoms with Crippen LogP contribution in [0, 0.1) is 5.41 Å². The highest BCUT2D eigenvalue weighted by Crippen LogP contribution is 2.37. The Morgan fingerprint density at radius 1 is 1.50 bits per heavy atom. The van der Waals surface area contributed by atoms with Gasteiger partial charge in [0.2, 0.25) is 0 Å². The molecule has 1 aromatic rings. The molecule has 1 aliphatic heterocycles.